The molecule has 5 nitrogen and oxygen atoms in total. The molecule has 0 saturated carbocycles. The molecule has 4 unspecified atom stereocenters. The molecule has 4 heterocycles. The molecule has 2 bridgehead atoms. The van der Waals surface area contributed by atoms with Gasteiger partial charge in [0, 0.05) is 29.6 Å². The normalized spacial score (nSPS) is 31.5. The van der Waals surface area contributed by atoms with Gasteiger partial charge in [0.25, 0.3) is 5.91 Å². The van der Waals surface area contributed by atoms with E-state index < -0.39 is 0 Å². The highest BCUT2D eigenvalue weighted by Gasteiger charge is 2.38. The van der Waals surface area contributed by atoms with Crippen molar-refractivity contribution in [3.05, 3.63) is 30.0 Å². The van der Waals surface area contributed by atoms with Crippen molar-refractivity contribution < 1.29 is 4.79 Å². The third-order valence-corrected chi connectivity index (χ3v) is 5.07. The highest BCUT2D eigenvalue weighted by atomic mass is 16.1. The highest BCUT2D eigenvalue weighted by molar-refractivity contribution is 5.98. The van der Waals surface area contributed by atoms with Crippen LogP contribution in [0.15, 0.2) is 24.4 Å². The number of carbonyl (C=O) groups is 1. The quantitative estimate of drug-likeness (QED) is 0.883. The molecule has 3 aliphatic heterocycles. The van der Waals surface area contributed by atoms with E-state index in [1.165, 1.54) is 19.4 Å². The zero-order valence-electron chi connectivity index (χ0n) is 12.2. The summed E-state index contributed by atoms with van der Waals surface area (Å²) in [5.74, 6) is 0.663. The van der Waals surface area contributed by atoms with Gasteiger partial charge in [-0.15, -0.1) is 0 Å². The van der Waals surface area contributed by atoms with Crippen LogP contribution in [0.5, 0.6) is 0 Å². The van der Waals surface area contributed by atoms with Crippen LogP contribution in [0.25, 0.3) is 10.9 Å². The fourth-order valence-electron chi connectivity index (χ4n) is 3.79. The Morgan fingerprint density at radius 2 is 2.38 bits per heavy atom. The Morgan fingerprint density at radius 3 is 3.14 bits per heavy atom. The van der Waals surface area contributed by atoms with E-state index in [0.29, 0.717) is 23.6 Å². The van der Waals surface area contributed by atoms with Gasteiger partial charge in [0.05, 0.1) is 11.7 Å². The number of piperidine rings is 3. The molecule has 1 aromatic heterocycles. The Bertz CT molecular complexity index is 680. The molecule has 0 radical (unpaired) electrons. The summed E-state index contributed by atoms with van der Waals surface area (Å²) in [7, 11) is 0. The van der Waals surface area contributed by atoms with E-state index in [2.05, 4.69) is 27.3 Å². The van der Waals surface area contributed by atoms with E-state index in [9.17, 15) is 4.79 Å². The number of aromatic amines is 1. The van der Waals surface area contributed by atoms with Crippen LogP contribution >= 0.6 is 0 Å². The van der Waals surface area contributed by atoms with E-state index in [1.807, 2.05) is 18.2 Å². The minimum absolute atomic E-state index is 0.0319. The second-order valence-corrected chi connectivity index (χ2v) is 6.38. The Hall–Kier alpha value is -1.88. The van der Waals surface area contributed by atoms with Gasteiger partial charge >= 0.3 is 0 Å². The highest BCUT2D eigenvalue weighted by Crippen LogP contribution is 2.32. The van der Waals surface area contributed by atoms with Crippen molar-refractivity contribution in [3.8, 4) is 0 Å². The number of amides is 1. The van der Waals surface area contributed by atoms with Crippen LogP contribution in [0.4, 0.5) is 0 Å². The van der Waals surface area contributed by atoms with Gasteiger partial charge in [-0.25, -0.2) is 0 Å². The van der Waals surface area contributed by atoms with Gasteiger partial charge in [0.2, 0.25) is 0 Å². The molecule has 1 aromatic carbocycles. The summed E-state index contributed by atoms with van der Waals surface area (Å²) < 4.78 is 0. The number of fused-ring (bicyclic) bond motifs is 4. The summed E-state index contributed by atoms with van der Waals surface area (Å²) in [5.41, 5.74) is 1.68. The molecule has 0 spiro atoms. The number of nitrogens with zero attached hydrogens (tertiary/aromatic N) is 2. The summed E-state index contributed by atoms with van der Waals surface area (Å²) in [6, 6.07) is 6.63. The zero-order chi connectivity index (χ0) is 14.4. The predicted molar refractivity (Wildman–Crippen MR) is 81.1 cm³/mol. The maximum atomic E-state index is 12.5. The van der Waals surface area contributed by atoms with Gasteiger partial charge in [-0.2, -0.15) is 5.10 Å². The summed E-state index contributed by atoms with van der Waals surface area (Å²) in [6.45, 7) is 4.46. The first-order valence-electron chi connectivity index (χ1n) is 7.69. The Morgan fingerprint density at radius 1 is 1.48 bits per heavy atom. The van der Waals surface area contributed by atoms with Crippen molar-refractivity contribution in [1.82, 2.24) is 20.4 Å². The lowest BCUT2D eigenvalue weighted by molar-refractivity contribution is 0.0274. The van der Waals surface area contributed by atoms with Crippen molar-refractivity contribution in [2.24, 2.45) is 5.92 Å². The monoisotopic (exact) mass is 284 g/mol. The number of benzene rings is 1. The SMILES string of the molecule is CC1CC2CCN1CC2NC(=O)c1ccc2[nH]ncc2c1. The average Bonchev–Trinajstić information content (AvgIpc) is 2.96. The lowest BCUT2D eigenvalue weighted by Gasteiger charge is -2.48. The van der Waals surface area contributed by atoms with Crippen molar-refractivity contribution in [2.75, 3.05) is 13.1 Å². The van der Waals surface area contributed by atoms with Gasteiger partial charge in [0.15, 0.2) is 0 Å². The molecule has 1 amide bonds. The zero-order valence-corrected chi connectivity index (χ0v) is 12.2. The van der Waals surface area contributed by atoms with Gasteiger partial charge < -0.3 is 5.32 Å². The molecule has 21 heavy (non-hydrogen) atoms. The molecular weight excluding hydrogens is 264 g/mol. The molecular formula is C16H20N4O. The lowest BCUT2D eigenvalue weighted by atomic mass is 9.80. The average molecular weight is 284 g/mol. The number of aromatic nitrogens is 2. The van der Waals surface area contributed by atoms with Gasteiger partial charge in [0.1, 0.15) is 0 Å². The fraction of sp³-hybridized carbons (Fsp3) is 0.500. The van der Waals surface area contributed by atoms with Crippen LogP contribution in [0.3, 0.4) is 0 Å². The molecule has 4 atom stereocenters. The van der Waals surface area contributed by atoms with Crippen molar-refractivity contribution in [2.45, 2.75) is 31.8 Å². The van der Waals surface area contributed by atoms with Crippen LogP contribution in [0.2, 0.25) is 0 Å². The molecule has 110 valence electrons. The van der Waals surface area contributed by atoms with Crippen molar-refractivity contribution >= 4 is 16.8 Å². The summed E-state index contributed by atoms with van der Waals surface area (Å²) >= 11 is 0. The van der Waals surface area contributed by atoms with Gasteiger partial charge in [-0.1, -0.05) is 0 Å². The molecule has 5 rings (SSSR count). The first-order chi connectivity index (χ1) is 10.2. The molecule has 5 heteroatoms. The van der Waals surface area contributed by atoms with E-state index in [1.54, 1.807) is 6.20 Å². The van der Waals surface area contributed by atoms with Crippen LogP contribution in [-0.2, 0) is 0 Å². The Balaban J connectivity index is 1.50. The van der Waals surface area contributed by atoms with E-state index in [-0.39, 0.29) is 5.91 Å². The second-order valence-electron chi connectivity index (χ2n) is 6.38. The molecule has 3 saturated heterocycles. The molecule has 2 aromatic rings. The molecule has 3 fully saturated rings. The largest absolute Gasteiger partial charge is 0.348 e. The van der Waals surface area contributed by atoms with Gasteiger partial charge in [-0.3, -0.25) is 14.8 Å². The summed E-state index contributed by atoms with van der Waals surface area (Å²) in [6.07, 6.45) is 4.16. The topological polar surface area (TPSA) is 61.0 Å². The minimum Gasteiger partial charge on any atom is -0.348 e. The number of hydrogen-bond donors (Lipinski definition) is 2. The van der Waals surface area contributed by atoms with E-state index in [0.717, 1.165) is 17.4 Å². The first-order valence-corrected chi connectivity index (χ1v) is 7.69. The predicted octanol–water partition coefficient (Wildman–Crippen LogP) is 1.78. The minimum atomic E-state index is 0.0319. The van der Waals surface area contributed by atoms with Crippen LogP contribution in [-0.4, -0.2) is 46.2 Å². The fourth-order valence-corrected chi connectivity index (χ4v) is 3.79. The molecule has 0 aliphatic carbocycles. The maximum Gasteiger partial charge on any atom is 0.251 e. The summed E-state index contributed by atoms with van der Waals surface area (Å²) in [5, 5.41) is 11.1. The number of nitrogens with one attached hydrogen (secondary N) is 2. The third-order valence-electron chi connectivity index (χ3n) is 5.07. The molecule has 2 N–H and O–H groups in total. The smallest absolute Gasteiger partial charge is 0.251 e. The second kappa shape index (κ2) is 4.84. The van der Waals surface area contributed by atoms with E-state index >= 15 is 0 Å². The van der Waals surface area contributed by atoms with Gasteiger partial charge in [-0.05, 0) is 50.4 Å². The Kier molecular flexibility index (Phi) is 2.96. The number of H-pyrrole nitrogens is 1. The third kappa shape index (κ3) is 2.21. The number of carbonyl (C=O) groups excluding carboxylic acids is 1. The standard InChI is InChI=1S/C16H20N4O/c1-10-6-11-4-5-20(10)9-15(11)18-16(21)12-2-3-14-13(7-12)8-17-19-14/h2-3,7-8,10-11,15H,4-6,9H2,1H3,(H,17,19)(H,18,21). The number of rotatable bonds is 2. The van der Waals surface area contributed by atoms with E-state index in [4.69, 9.17) is 0 Å². The lowest BCUT2D eigenvalue weighted by Crippen LogP contribution is -2.60. The summed E-state index contributed by atoms with van der Waals surface area (Å²) in [4.78, 5) is 15.0. The Labute approximate surface area is 123 Å². The van der Waals surface area contributed by atoms with Crippen molar-refractivity contribution in [1.29, 1.82) is 0 Å². The number of hydrogen-bond acceptors (Lipinski definition) is 3. The van der Waals surface area contributed by atoms with Crippen LogP contribution < -0.4 is 5.32 Å². The maximum absolute atomic E-state index is 12.5. The first kappa shape index (κ1) is 12.8. The molecule has 3 aliphatic rings. The van der Waals surface area contributed by atoms with Crippen LogP contribution in [0.1, 0.15) is 30.1 Å². The van der Waals surface area contributed by atoms with Crippen LogP contribution in [0, 0.1) is 5.92 Å². The van der Waals surface area contributed by atoms with Crippen molar-refractivity contribution in [3.63, 3.8) is 0 Å².